The van der Waals surface area contributed by atoms with Crippen LogP contribution >= 0.6 is 22.9 Å². The predicted molar refractivity (Wildman–Crippen MR) is 75.6 cm³/mol. The average molecular weight is 305 g/mol. The van der Waals surface area contributed by atoms with E-state index in [1.165, 1.54) is 16.2 Å². The molecule has 2 N–H and O–H groups in total. The van der Waals surface area contributed by atoms with Crippen LogP contribution in [0.15, 0.2) is 12.1 Å². The third-order valence-electron chi connectivity index (χ3n) is 2.63. The number of aliphatic carboxylic acids is 1. The first-order chi connectivity index (χ1) is 8.72. The van der Waals surface area contributed by atoms with Crippen molar-refractivity contribution in [2.45, 2.75) is 20.4 Å². The summed E-state index contributed by atoms with van der Waals surface area (Å²) in [5, 5.41) is 11.6. The van der Waals surface area contributed by atoms with Gasteiger partial charge in [-0.3, -0.25) is 4.79 Å². The summed E-state index contributed by atoms with van der Waals surface area (Å²) in [6.07, 6.45) is 0. The van der Waals surface area contributed by atoms with Crippen LogP contribution < -0.4 is 5.32 Å². The molecule has 0 spiro atoms. The molecular weight excluding hydrogens is 288 g/mol. The summed E-state index contributed by atoms with van der Waals surface area (Å²) in [5.74, 6) is -0.944. The Morgan fingerprint density at radius 3 is 2.58 bits per heavy atom. The molecule has 0 aliphatic heterocycles. The number of nitrogens with zero attached hydrogens (tertiary/aromatic N) is 1. The summed E-state index contributed by atoms with van der Waals surface area (Å²) in [7, 11) is 1.65. The fourth-order valence-electron chi connectivity index (χ4n) is 1.25. The first kappa shape index (κ1) is 15.8. The van der Waals surface area contributed by atoms with Gasteiger partial charge >= 0.3 is 12.0 Å². The van der Waals surface area contributed by atoms with Gasteiger partial charge < -0.3 is 15.3 Å². The molecule has 7 heteroatoms. The lowest BCUT2D eigenvalue weighted by molar-refractivity contribution is -0.146. The van der Waals surface area contributed by atoms with E-state index in [1.54, 1.807) is 27.0 Å². The lowest BCUT2D eigenvalue weighted by Crippen LogP contribution is -2.43. The SMILES string of the molecule is CN(Cc1ccc(Cl)s1)C(=O)NCC(C)(C)C(=O)O. The van der Waals surface area contributed by atoms with E-state index in [-0.39, 0.29) is 12.6 Å². The van der Waals surface area contributed by atoms with E-state index in [9.17, 15) is 9.59 Å². The van der Waals surface area contributed by atoms with Gasteiger partial charge in [0.25, 0.3) is 0 Å². The molecule has 0 atom stereocenters. The monoisotopic (exact) mass is 304 g/mol. The van der Waals surface area contributed by atoms with Crippen molar-refractivity contribution in [3.63, 3.8) is 0 Å². The number of hydrogen-bond donors (Lipinski definition) is 2. The van der Waals surface area contributed by atoms with Crippen LogP contribution in [0, 0.1) is 5.41 Å². The first-order valence-electron chi connectivity index (χ1n) is 5.69. The van der Waals surface area contributed by atoms with E-state index in [2.05, 4.69) is 5.32 Å². The van der Waals surface area contributed by atoms with E-state index in [4.69, 9.17) is 16.7 Å². The molecule has 19 heavy (non-hydrogen) atoms. The maximum atomic E-state index is 11.8. The lowest BCUT2D eigenvalue weighted by Gasteiger charge is -2.22. The van der Waals surface area contributed by atoms with Gasteiger partial charge in [0.2, 0.25) is 0 Å². The van der Waals surface area contributed by atoms with Crippen LogP contribution in [-0.4, -0.2) is 35.6 Å². The molecular formula is C12H17ClN2O3S. The highest BCUT2D eigenvalue weighted by atomic mass is 35.5. The second-order valence-electron chi connectivity index (χ2n) is 4.91. The third-order valence-corrected chi connectivity index (χ3v) is 3.84. The number of halogens is 1. The number of amides is 2. The number of hydrogen-bond acceptors (Lipinski definition) is 3. The van der Waals surface area contributed by atoms with Crippen molar-refractivity contribution in [1.82, 2.24) is 10.2 Å². The highest BCUT2D eigenvalue weighted by Gasteiger charge is 2.28. The maximum Gasteiger partial charge on any atom is 0.317 e. The van der Waals surface area contributed by atoms with E-state index >= 15 is 0 Å². The Morgan fingerprint density at radius 1 is 1.47 bits per heavy atom. The number of nitrogens with one attached hydrogen (secondary N) is 1. The zero-order chi connectivity index (χ0) is 14.6. The van der Waals surface area contributed by atoms with Gasteiger partial charge in [0.05, 0.1) is 16.3 Å². The molecule has 0 saturated carbocycles. The Kier molecular flexibility index (Phi) is 5.20. The molecule has 1 heterocycles. The normalized spacial score (nSPS) is 11.2. The van der Waals surface area contributed by atoms with Gasteiger partial charge in [-0.1, -0.05) is 11.6 Å². The molecule has 5 nitrogen and oxygen atoms in total. The minimum Gasteiger partial charge on any atom is -0.481 e. The summed E-state index contributed by atoms with van der Waals surface area (Å²) in [5.41, 5.74) is -0.983. The molecule has 106 valence electrons. The van der Waals surface area contributed by atoms with Gasteiger partial charge in [-0.25, -0.2) is 4.79 Å². The van der Waals surface area contributed by atoms with Crippen LogP contribution in [0.25, 0.3) is 0 Å². The zero-order valence-corrected chi connectivity index (χ0v) is 12.6. The Hall–Kier alpha value is -1.27. The molecule has 0 aromatic carbocycles. The number of carboxylic acid groups (broad SMARTS) is 1. The highest BCUT2D eigenvalue weighted by molar-refractivity contribution is 7.16. The van der Waals surface area contributed by atoms with Gasteiger partial charge in [0.1, 0.15) is 0 Å². The maximum absolute atomic E-state index is 11.8. The van der Waals surface area contributed by atoms with Crippen molar-refractivity contribution < 1.29 is 14.7 Å². The van der Waals surface area contributed by atoms with Gasteiger partial charge in [0, 0.05) is 18.5 Å². The molecule has 2 amide bonds. The number of urea groups is 1. The van der Waals surface area contributed by atoms with Crippen LogP contribution in [0.1, 0.15) is 18.7 Å². The molecule has 0 bridgehead atoms. The van der Waals surface area contributed by atoms with Crippen LogP contribution in [0.2, 0.25) is 4.34 Å². The number of carboxylic acids is 1. The molecule has 0 unspecified atom stereocenters. The molecule has 0 fully saturated rings. The van der Waals surface area contributed by atoms with Gasteiger partial charge in [-0.2, -0.15) is 0 Å². The molecule has 0 radical (unpaired) electrons. The molecule has 0 saturated heterocycles. The fourth-order valence-corrected chi connectivity index (χ4v) is 2.39. The fraction of sp³-hybridized carbons (Fsp3) is 0.500. The Balaban J connectivity index is 2.47. The number of carbonyl (C=O) groups is 2. The van der Waals surface area contributed by atoms with Gasteiger partial charge in [-0.15, -0.1) is 11.3 Å². The predicted octanol–water partition coefficient (Wildman–Crippen LogP) is 2.65. The van der Waals surface area contributed by atoms with E-state index in [1.807, 2.05) is 6.07 Å². The number of thiophene rings is 1. The quantitative estimate of drug-likeness (QED) is 0.878. The smallest absolute Gasteiger partial charge is 0.317 e. The van der Waals surface area contributed by atoms with Crippen molar-refractivity contribution in [2.24, 2.45) is 5.41 Å². The van der Waals surface area contributed by atoms with Gasteiger partial charge in [-0.05, 0) is 26.0 Å². The largest absolute Gasteiger partial charge is 0.481 e. The number of rotatable bonds is 5. The summed E-state index contributed by atoms with van der Waals surface area (Å²) in [6.45, 7) is 3.65. The highest BCUT2D eigenvalue weighted by Crippen LogP contribution is 2.22. The third kappa shape index (κ3) is 4.72. The van der Waals surface area contributed by atoms with Crippen LogP contribution in [-0.2, 0) is 11.3 Å². The minimum atomic E-state index is -0.983. The van der Waals surface area contributed by atoms with Crippen LogP contribution in [0.3, 0.4) is 0 Å². The topological polar surface area (TPSA) is 69.6 Å². The van der Waals surface area contributed by atoms with Crippen molar-refractivity contribution in [3.05, 3.63) is 21.3 Å². The van der Waals surface area contributed by atoms with E-state index in [0.29, 0.717) is 10.9 Å². The zero-order valence-electron chi connectivity index (χ0n) is 11.1. The Labute approximate surface area is 121 Å². The van der Waals surface area contributed by atoms with Crippen LogP contribution in [0.5, 0.6) is 0 Å². The molecule has 1 aromatic heterocycles. The molecule has 0 aliphatic carbocycles. The molecule has 1 rings (SSSR count). The van der Waals surface area contributed by atoms with Gasteiger partial charge in [0.15, 0.2) is 0 Å². The summed E-state index contributed by atoms with van der Waals surface area (Å²) < 4.78 is 0.677. The van der Waals surface area contributed by atoms with E-state index < -0.39 is 11.4 Å². The summed E-state index contributed by atoms with van der Waals surface area (Å²) in [4.78, 5) is 25.2. The Morgan fingerprint density at radius 2 is 2.11 bits per heavy atom. The second-order valence-corrected chi connectivity index (χ2v) is 6.71. The summed E-state index contributed by atoms with van der Waals surface area (Å²) in [6, 6.07) is 3.33. The molecule has 0 aliphatic rings. The van der Waals surface area contributed by atoms with E-state index in [0.717, 1.165) is 4.88 Å². The number of carbonyl (C=O) groups excluding carboxylic acids is 1. The second kappa shape index (κ2) is 6.25. The average Bonchev–Trinajstić information content (AvgIpc) is 2.71. The van der Waals surface area contributed by atoms with Crippen molar-refractivity contribution in [1.29, 1.82) is 0 Å². The molecule has 1 aromatic rings. The van der Waals surface area contributed by atoms with Crippen LogP contribution in [0.4, 0.5) is 4.79 Å². The standard InChI is InChI=1S/C12H17ClN2O3S/c1-12(2,10(16)17)7-14-11(18)15(3)6-8-4-5-9(13)19-8/h4-5H,6-7H2,1-3H3,(H,14,18)(H,16,17). The lowest BCUT2D eigenvalue weighted by atomic mass is 9.94. The first-order valence-corrected chi connectivity index (χ1v) is 6.88. The van der Waals surface area contributed by atoms with Crippen molar-refractivity contribution in [2.75, 3.05) is 13.6 Å². The summed E-state index contributed by atoms with van der Waals surface area (Å²) >= 11 is 7.23. The minimum absolute atomic E-state index is 0.0801. The Bertz CT molecular complexity index is 473. The van der Waals surface area contributed by atoms with Crippen molar-refractivity contribution in [3.8, 4) is 0 Å². The van der Waals surface area contributed by atoms with Crippen molar-refractivity contribution >= 4 is 34.9 Å².